The second-order valence-electron chi connectivity index (χ2n) is 3.87. The third-order valence-electron chi connectivity index (χ3n) is 3.16. The molecule has 0 aromatic rings. The zero-order valence-electron chi connectivity index (χ0n) is 7.62. The molecule has 1 spiro atoms. The van der Waals surface area contributed by atoms with Gasteiger partial charge in [-0.3, -0.25) is 4.79 Å². The second-order valence-corrected chi connectivity index (χ2v) is 5.09. The molecule has 2 aliphatic rings. The van der Waals surface area contributed by atoms with E-state index in [1.165, 1.54) is 0 Å². The first-order valence-electron chi connectivity index (χ1n) is 4.74. The van der Waals surface area contributed by atoms with Gasteiger partial charge in [0.25, 0.3) is 0 Å². The van der Waals surface area contributed by atoms with E-state index < -0.39 is 0 Å². The van der Waals surface area contributed by atoms with Crippen LogP contribution in [-0.4, -0.2) is 30.1 Å². The van der Waals surface area contributed by atoms with Crippen molar-refractivity contribution in [2.45, 2.75) is 25.4 Å². The summed E-state index contributed by atoms with van der Waals surface area (Å²) in [4.78, 5) is 11.2. The van der Waals surface area contributed by atoms with Crippen molar-refractivity contribution in [2.75, 3.05) is 18.1 Å². The van der Waals surface area contributed by atoms with Gasteiger partial charge in [0.2, 0.25) is 0 Å². The molecule has 13 heavy (non-hydrogen) atoms. The molecule has 0 bridgehead atoms. The van der Waals surface area contributed by atoms with Crippen LogP contribution >= 0.6 is 11.8 Å². The van der Waals surface area contributed by atoms with E-state index in [1.54, 1.807) is 0 Å². The van der Waals surface area contributed by atoms with Gasteiger partial charge in [-0.05, 0) is 24.3 Å². The largest absolute Gasteiger partial charge is 0.460 e. The standard InChI is InChI=1S/C9H15NO2S/c10-6-7-9(5-8(11)12-7)1-3-13-4-2-9/h7H,1-6,10H2. The van der Waals surface area contributed by atoms with E-state index in [9.17, 15) is 4.79 Å². The molecule has 2 rings (SSSR count). The van der Waals surface area contributed by atoms with Gasteiger partial charge in [0, 0.05) is 12.0 Å². The fraction of sp³-hybridized carbons (Fsp3) is 0.889. The molecule has 1 atom stereocenters. The van der Waals surface area contributed by atoms with Gasteiger partial charge in [-0.25, -0.2) is 0 Å². The highest BCUT2D eigenvalue weighted by molar-refractivity contribution is 7.99. The predicted molar refractivity (Wildman–Crippen MR) is 52.5 cm³/mol. The second kappa shape index (κ2) is 3.50. The third kappa shape index (κ3) is 1.57. The quantitative estimate of drug-likeness (QED) is 0.637. The Morgan fingerprint density at radius 2 is 2.23 bits per heavy atom. The normalized spacial score (nSPS) is 32.1. The Bertz CT molecular complexity index is 214. The van der Waals surface area contributed by atoms with Gasteiger partial charge in [0.15, 0.2) is 0 Å². The molecule has 0 aromatic carbocycles. The molecule has 0 aliphatic carbocycles. The lowest BCUT2D eigenvalue weighted by Gasteiger charge is -2.35. The summed E-state index contributed by atoms with van der Waals surface area (Å²) in [6.07, 6.45) is 2.76. The molecular weight excluding hydrogens is 186 g/mol. The van der Waals surface area contributed by atoms with Gasteiger partial charge in [-0.2, -0.15) is 11.8 Å². The molecule has 2 N–H and O–H groups in total. The Kier molecular flexibility index (Phi) is 2.51. The van der Waals surface area contributed by atoms with E-state index in [0.29, 0.717) is 13.0 Å². The summed E-state index contributed by atoms with van der Waals surface area (Å²) in [5.74, 6) is 2.24. The van der Waals surface area contributed by atoms with E-state index in [1.807, 2.05) is 11.8 Å². The zero-order chi connectivity index (χ0) is 9.31. The summed E-state index contributed by atoms with van der Waals surface area (Å²) < 4.78 is 5.23. The minimum atomic E-state index is -0.0534. The Labute approximate surface area is 82.4 Å². The van der Waals surface area contributed by atoms with E-state index in [0.717, 1.165) is 24.3 Å². The SMILES string of the molecule is NCC1OC(=O)CC12CCSCC2. The first-order valence-corrected chi connectivity index (χ1v) is 5.90. The lowest BCUT2D eigenvalue weighted by atomic mass is 9.76. The maximum Gasteiger partial charge on any atom is 0.306 e. The van der Waals surface area contributed by atoms with Crippen molar-refractivity contribution in [1.82, 2.24) is 0 Å². The Morgan fingerprint density at radius 3 is 2.85 bits per heavy atom. The molecule has 0 aromatic heterocycles. The summed E-state index contributed by atoms with van der Waals surface area (Å²) in [7, 11) is 0. The number of carbonyl (C=O) groups is 1. The molecule has 2 fully saturated rings. The number of thioether (sulfide) groups is 1. The highest BCUT2D eigenvalue weighted by Gasteiger charge is 2.48. The van der Waals surface area contributed by atoms with Crippen molar-refractivity contribution >= 4 is 17.7 Å². The van der Waals surface area contributed by atoms with Crippen LogP contribution in [0.5, 0.6) is 0 Å². The van der Waals surface area contributed by atoms with Crippen molar-refractivity contribution < 1.29 is 9.53 Å². The van der Waals surface area contributed by atoms with Crippen molar-refractivity contribution in [3.05, 3.63) is 0 Å². The predicted octanol–water partition coefficient (Wildman–Crippen LogP) is 0.774. The number of hydrogen-bond acceptors (Lipinski definition) is 4. The van der Waals surface area contributed by atoms with E-state index in [2.05, 4.69) is 0 Å². The van der Waals surface area contributed by atoms with Crippen LogP contribution in [0.4, 0.5) is 0 Å². The lowest BCUT2D eigenvalue weighted by Crippen LogP contribution is -2.39. The van der Waals surface area contributed by atoms with E-state index in [4.69, 9.17) is 10.5 Å². The molecule has 1 unspecified atom stereocenters. The molecule has 2 heterocycles. The first-order chi connectivity index (χ1) is 6.27. The summed E-state index contributed by atoms with van der Waals surface area (Å²) in [5.41, 5.74) is 5.71. The zero-order valence-corrected chi connectivity index (χ0v) is 8.44. The van der Waals surface area contributed by atoms with E-state index in [-0.39, 0.29) is 17.5 Å². The van der Waals surface area contributed by atoms with Crippen LogP contribution in [0.2, 0.25) is 0 Å². The number of carbonyl (C=O) groups excluding carboxylic acids is 1. The average Bonchev–Trinajstić information content (AvgIpc) is 2.43. The number of ether oxygens (including phenoxy) is 1. The molecule has 2 saturated heterocycles. The molecular formula is C9H15NO2S. The lowest BCUT2D eigenvalue weighted by molar-refractivity contribution is -0.141. The number of cyclic esters (lactones) is 1. The smallest absolute Gasteiger partial charge is 0.306 e. The van der Waals surface area contributed by atoms with Crippen LogP contribution in [0, 0.1) is 5.41 Å². The van der Waals surface area contributed by atoms with Gasteiger partial charge in [0.05, 0.1) is 6.42 Å². The number of hydrogen-bond donors (Lipinski definition) is 1. The minimum Gasteiger partial charge on any atom is -0.460 e. The van der Waals surface area contributed by atoms with E-state index >= 15 is 0 Å². The van der Waals surface area contributed by atoms with Gasteiger partial charge >= 0.3 is 5.97 Å². The fourth-order valence-corrected chi connectivity index (χ4v) is 3.61. The molecule has 74 valence electrons. The Balaban J connectivity index is 2.13. The highest BCUT2D eigenvalue weighted by atomic mass is 32.2. The summed E-state index contributed by atoms with van der Waals surface area (Å²) in [5, 5.41) is 0. The summed E-state index contributed by atoms with van der Waals surface area (Å²) in [6.45, 7) is 0.483. The number of nitrogens with two attached hydrogens (primary N) is 1. The van der Waals surface area contributed by atoms with Crippen molar-refractivity contribution in [1.29, 1.82) is 0 Å². The number of esters is 1. The van der Waals surface area contributed by atoms with Gasteiger partial charge in [0.1, 0.15) is 6.10 Å². The highest BCUT2D eigenvalue weighted by Crippen LogP contribution is 2.46. The minimum absolute atomic E-state index is 0.0131. The van der Waals surface area contributed by atoms with Gasteiger partial charge in [-0.15, -0.1) is 0 Å². The average molecular weight is 201 g/mol. The first kappa shape index (κ1) is 9.34. The summed E-state index contributed by atoms with van der Waals surface area (Å²) in [6, 6.07) is 0. The van der Waals surface area contributed by atoms with Crippen LogP contribution in [0.1, 0.15) is 19.3 Å². The van der Waals surface area contributed by atoms with Crippen LogP contribution in [0.25, 0.3) is 0 Å². The summed E-state index contributed by atoms with van der Waals surface area (Å²) >= 11 is 1.96. The maximum absolute atomic E-state index is 11.2. The van der Waals surface area contributed by atoms with Crippen LogP contribution in [-0.2, 0) is 9.53 Å². The maximum atomic E-state index is 11.2. The van der Waals surface area contributed by atoms with Crippen LogP contribution in [0.3, 0.4) is 0 Å². The monoisotopic (exact) mass is 201 g/mol. The molecule has 0 saturated carbocycles. The molecule has 3 nitrogen and oxygen atoms in total. The molecule has 2 aliphatic heterocycles. The topological polar surface area (TPSA) is 52.3 Å². The van der Waals surface area contributed by atoms with Crippen molar-refractivity contribution in [3.63, 3.8) is 0 Å². The third-order valence-corrected chi connectivity index (χ3v) is 4.14. The molecule has 0 radical (unpaired) electrons. The molecule has 4 heteroatoms. The van der Waals surface area contributed by atoms with Crippen LogP contribution in [0.15, 0.2) is 0 Å². The van der Waals surface area contributed by atoms with Gasteiger partial charge in [-0.1, -0.05) is 0 Å². The molecule has 0 amide bonds. The van der Waals surface area contributed by atoms with Crippen LogP contribution < -0.4 is 5.73 Å². The fourth-order valence-electron chi connectivity index (χ4n) is 2.30. The van der Waals surface area contributed by atoms with Crippen molar-refractivity contribution in [2.24, 2.45) is 11.1 Å². The van der Waals surface area contributed by atoms with Gasteiger partial charge < -0.3 is 10.5 Å². The Morgan fingerprint density at radius 1 is 1.54 bits per heavy atom. The Hall–Kier alpha value is -0.220. The number of rotatable bonds is 1. The van der Waals surface area contributed by atoms with Crippen molar-refractivity contribution in [3.8, 4) is 0 Å².